The van der Waals surface area contributed by atoms with Crippen LogP contribution in [0.5, 0.6) is 0 Å². The first-order valence-corrected chi connectivity index (χ1v) is 8.79. The van der Waals surface area contributed by atoms with Crippen LogP contribution in [-0.4, -0.2) is 28.1 Å². The largest absolute Gasteiger partial charge is 0.397 e. The third-order valence-corrected chi connectivity index (χ3v) is 5.04. The van der Waals surface area contributed by atoms with Gasteiger partial charge >= 0.3 is 0 Å². The molecule has 1 aromatic rings. The molecule has 0 aliphatic rings. The zero-order valence-corrected chi connectivity index (χ0v) is 14.4. The number of benzene rings is 1. The minimum absolute atomic E-state index is 0.247. The SMILES string of the molecule is CCNS(=O)(=O)c1ccc(N)c(N(C)C(C)CC(C)C)c1. The molecule has 1 atom stereocenters. The lowest BCUT2D eigenvalue weighted by atomic mass is 10.0. The maximum atomic E-state index is 12.1. The standard InChI is InChI=1S/C15H27N3O2S/c1-6-17-21(19,20)13-7-8-14(16)15(10-13)18(5)12(4)9-11(2)3/h7-8,10-12,17H,6,9,16H2,1-5H3. The minimum atomic E-state index is -3.46. The first kappa shape index (κ1) is 17.8. The average Bonchev–Trinajstić information content (AvgIpc) is 2.37. The number of nitrogen functional groups attached to an aromatic ring is 1. The highest BCUT2D eigenvalue weighted by atomic mass is 32.2. The predicted octanol–water partition coefficient (Wildman–Crippen LogP) is 2.44. The highest BCUT2D eigenvalue weighted by molar-refractivity contribution is 7.89. The van der Waals surface area contributed by atoms with Crippen molar-refractivity contribution in [3.05, 3.63) is 18.2 Å². The Morgan fingerprint density at radius 3 is 2.43 bits per heavy atom. The van der Waals surface area contributed by atoms with Crippen LogP contribution in [0, 0.1) is 5.92 Å². The lowest BCUT2D eigenvalue weighted by Crippen LogP contribution is -2.31. The molecule has 120 valence electrons. The van der Waals surface area contributed by atoms with Crippen molar-refractivity contribution in [2.75, 3.05) is 24.2 Å². The van der Waals surface area contributed by atoms with Crippen LogP contribution in [0.3, 0.4) is 0 Å². The van der Waals surface area contributed by atoms with E-state index in [-0.39, 0.29) is 10.9 Å². The lowest BCUT2D eigenvalue weighted by molar-refractivity contribution is 0.504. The molecule has 0 spiro atoms. The summed E-state index contributed by atoms with van der Waals surface area (Å²) in [6.45, 7) is 8.57. The average molecular weight is 313 g/mol. The number of sulfonamides is 1. The Bertz CT molecular complexity index is 570. The van der Waals surface area contributed by atoms with Gasteiger partial charge in [-0.05, 0) is 37.5 Å². The third kappa shape index (κ3) is 4.61. The molecule has 0 aliphatic carbocycles. The summed E-state index contributed by atoms with van der Waals surface area (Å²) < 4.78 is 26.7. The van der Waals surface area contributed by atoms with Crippen LogP contribution in [0.15, 0.2) is 23.1 Å². The van der Waals surface area contributed by atoms with E-state index in [2.05, 4.69) is 25.5 Å². The Morgan fingerprint density at radius 1 is 1.29 bits per heavy atom. The van der Waals surface area contributed by atoms with Crippen molar-refractivity contribution in [2.24, 2.45) is 5.92 Å². The molecular weight excluding hydrogens is 286 g/mol. The molecule has 0 saturated carbocycles. The van der Waals surface area contributed by atoms with E-state index in [1.165, 1.54) is 6.07 Å². The molecule has 0 aliphatic heterocycles. The molecule has 0 saturated heterocycles. The first-order chi connectivity index (χ1) is 9.69. The van der Waals surface area contributed by atoms with E-state index in [1.54, 1.807) is 19.1 Å². The van der Waals surface area contributed by atoms with Crippen molar-refractivity contribution in [3.63, 3.8) is 0 Å². The Labute approximate surface area is 128 Å². The van der Waals surface area contributed by atoms with Gasteiger partial charge < -0.3 is 10.6 Å². The Hall–Kier alpha value is -1.27. The number of nitrogens with one attached hydrogen (secondary N) is 1. The molecule has 0 heterocycles. The van der Waals surface area contributed by atoms with E-state index >= 15 is 0 Å². The van der Waals surface area contributed by atoms with Crippen LogP contribution in [0.4, 0.5) is 11.4 Å². The van der Waals surface area contributed by atoms with Gasteiger partial charge in [-0.1, -0.05) is 20.8 Å². The molecule has 1 unspecified atom stereocenters. The minimum Gasteiger partial charge on any atom is -0.397 e. The fourth-order valence-corrected chi connectivity index (χ4v) is 3.41. The Kier molecular flexibility index (Phi) is 6.04. The van der Waals surface area contributed by atoms with Crippen molar-refractivity contribution in [3.8, 4) is 0 Å². The number of hydrogen-bond acceptors (Lipinski definition) is 4. The monoisotopic (exact) mass is 313 g/mol. The second-order valence-electron chi connectivity index (χ2n) is 5.81. The normalized spacial score (nSPS) is 13.4. The summed E-state index contributed by atoms with van der Waals surface area (Å²) in [5.74, 6) is 0.567. The van der Waals surface area contributed by atoms with Gasteiger partial charge in [0.1, 0.15) is 0 Å². The highest BCUT2D eigenvalue weighted by Crippen LogP contribution is 2.28. The van der Waals surface area contributed by atoms with Gasteiger partial charge in [0, 0.05) is 19.6 Å². The van der Waals surface area contributed by atoms with E-state index in [1.807, 2.05) is 11.9 Å². The number of anilines is 2. The van der Waals surface area contributed by atoms with Crippen LogP contribution in [0.25, 0.3) is 0 Å². The van der Waals surface area contributed by atoms with Gasteiger partial charge in [0.25, 0.3) is 0 Å². The summed E-state index contributed by atoms with van der Waals surface area (Å²) in [6.07, 6.45) is 1.01. The van der Waals surface area contributed by atoms with E-state index in [0.717, 1.165) is 12.1 Å². The quantitative estimate of drug-likeness (QED) is 0.758. The molecule has 5 nitrogen and oxygen atoms in total. The molecule has 0 aromatic heterocycles. The lowest BCUT2D eigenvalue weighted by Gasteiger charge is -2.29. The number of rotatable bonds is 7. The van der Waals surface area contributed by atoms with Crippen molar-refractivity contribution in [1.29, 1.82) is 0 Å². The molecule has 0 fully saturated rings. The topological polar surface area (TPSA) is 75.4 Å². The third-order valence-electron chi connectivity index (χ3n) is 3.50. The van der Waals surface area contributed by atoms with Gasteiger partial charge in [0.15, 0.2) is 0 Å². The fourth-order valence-electron chi connectivity index (χ4n) is 2.35. The van der Waals surface area contributed by atoms with E-state index < -0.39 is 10.0 Å². The van der Waals surface area contributed by atoms with Crippen LogP contribution >= 0.6 is 0 Å². The molecule has 6 heteroatoms. The summed E-state index contributed by atoms with van der Waals surface area (Å²) in [5.41, 5.74) is 7.36. The van der Waals surface area contributed by atoms with E-state index in [4.69, 9.17) is 5.73 Å². The van der Waals surface area contributed by atoms with E-state index in [0.29, 0.717) is 18.2 Å². The smallest absolute Gasteiger partial charge is 0.240 e. The molecule has 0 amide bonds. The van der Waals surface area contributed by atoms with Gasteiger partial charge in [-0.15, -0.1) is 0 Å². The van der Waals surface area contributed by atoms with Crippen LogP contribution in [0.1, 0.15) is 34.1 Å². The van der Waals surface area contributed by atoms with Crippen molar-refractivity contribution < 1.29 is 8.42 Å². The van der Waals surface area contributed by atoms with E-state index in [9.17, 15) is 8.42 Å². The van der Waals surface area contributed by atoms with Crippen molar-refractivity contribution >= 4 is 21.4 Å². The van der Waals surface area contributed by atoms with Crippen LogP contribution in [-0.2, 0) is 10.0 Å². The zero-order chi connectivity index (χ0) is 16.2. The van der Waals surface area contributed by atoms with Gasteiger partial charge in [-0.2, -0.15) is 0 Å². The van der Waals surface area contributed by atoms with Crippen molar-refractivity contribution in [2.45, 2.75) is 45.1 Å². The van der Waals surface area contributed by atoms with Gasteiger partial charge in [0.05, 0.1) is 16.3 Å². The maximum Gasteiger partial charge on any atom is 0.240 e. The van der Waals surface area contributed by atoms with Crippen LogP contribution < -0.4 is 15.4 Å². The summed E-state index contributed by atoms with van der Waals surface area (Å²) in [7, 11) is -1.52. The summed E-state index contributed by atoms with van der Waals surface area (Å²) in [5, 5.41) is 0. The zero-order valence-electron chi connectivity index (χ0n) is 13.6. The first-order valence-electron chi connectivity index (χ1n) is 7.31. The molecule has 0 bridgehead atoms. The molecule has 0 radical (unpaired) electrons. The van der Waals surface area contributed by atoms with Crippen LogP contribution in [0.2, 0.25) is 0 Å². The van der Waals surface area contributed by atoms with Gasteiger partial charge in [-0.25, -0.2) is 13.1 Å². The molecule has 1 rings (SSSR count). The molecule has 3 N–H and O–H groups in total. The summed E-state index contributed by atoms with van der Waals surface area (Å²) in [4.78, 5) is 2.29. The summed E-state index contributed by atoms with van der Waals surface area (Å²) >= 11 is 0. The van der Waals surface area contributed by atoms with Crippen molar-refractivity contribution in [1.82, 2.24) is 4.72 Å². The Morgan fingerprint density at radius 2 is 1.90 bits per heavy atom. The molecule has 1 aromatic carbocycles. The molecular formula is C15H27N3O2S. The molecule has 21 heavy (non-hydrogen) atoms. The summed E-state index contributed by atoms with van der Waals surface area (Å²) in [6, 6.07) is 5.12. The predicted molar refractivity (Wildman–Crippen MR) is 89.0 cm³/mol. The number of nitrogens with two attached hydrogens (primary N) is 1. The number of hydrogen-bond donors (Lipinski definition) is 2. The number of nitrogens with zero attached hydrogens (tertiary/aromatic N) is 1. The fraction of sp³-hybridized carbons (Fsp3) is 0.600. The van der Waals surface area contributed by atoms with Gasteiger partial charge in [0.2, 0.25) is 10.0 Å². The Balaban J connectivity index is 3.13. The highest BCUT2D eigenvalue weighted by Gasteiger charge is 2.18. The van der Waals surface area contributed by atoms with Gasteiger partial charge in [-0.3, -0.25) is 0 Å². The maximum absolute atomic E-state index is 12.1. The second kappa shape index (κ2) is 7.13. The second-order valence-corrected chi connectivity index (χ2v) is 7.58.